The summed E-state index contributed by atoms with van der Waals surface area (Å²) in [4.78, 5) is 12.3. The molecule has 2 aromatic carbocycles. The van der Waals surface area contributed by atoms with Crippen molar-refractivity contribution in [1.82, 2.24) is 5.32 Å². The molecule has 0 fully saturated rings. The first-order valence-electron chi connectivity index (χ1n) is 25.2. The first kappa shape index (κ1) is 56.6. The highest BCUT2D eigenvalue weighted by atomic mass is 16.6. The van der Waals surface area contributed by atoms with Gasteiger partial charge in [0.1, 0.15) is 6.61 Å². The molecule has 0 saturated carbocycles. The SMILES string of the molecule is CCCCCCCCCCCCCCCCOCCOCCOCCOCCOCCOCCOCCOCCOCCOCCCNC(=O)OCC1c2ccccc2-c2ccccc21. The monoisotopic (exact) mass is 918 g/mol. The molecule has 2 aromatic rings. The Labute approximate surface area is 392 Å². The lowest BCUT2D eigenvalue weighted by molar-refractivity contribution is -0.0264. The highest BCUT2D eigenvalue weighted by molar-refractivity contribution is 5.79. The van der Waals surface area contributed by atoms with Crippen LogP contribution in [0.2, 0.25) is 0 Å². The van der Waals surface area contributed by atoms with E-state index in [-0.39, 0.29) is 5.92 Å². The van der Waals surface area contributed by atoms with Gasteiger partial charge in [0.05, 0.1) is 119 Å². The number of nitrogens with one attached hydrogen (secondary N) is 1. The van der Waals surface area contributed by atoms with Gasteiger partial charge in [0.2, 0.25) is 0 Å². The van der Waals surface area contributed by atoms with Crippen molar-refractivity contribution in [2.24, 2.45) is 0 Å². The first-order chi connectivity index (χ1) is 32.3. The van der Waals surface area contributed by atoms with Crippen LogP contribution in [0, 0.1) is 0 Å². The van der Waals surface area contributed by atoms with Crippen molar-refractivity contribution in [1.29, 1.82) is 0 Å². The minimum absolute atomic E-state index is 0.0506. The molecule has 1 aliphatic carbocycles. The fraction of sp³-hybridized carbons (Fsp3) is 0.750. The zero-order valence-corrected chi connectivity index (χ0v) is 40.3. The van der Waals surface area contributed by atoms with Crippen LogP contribution in [-0.4, -0.2) is 151 Å². The largest absolute Gasteiger partial charge is 0.449 e. The van der Waals surface area contributed by atoms with Crippen LogP contribution in [0.3, 0.4) is 0 Å². The molecule has 372 valence electrons. The summed E-state index contributed by atoms with van der Waals surface area (Å²) in [6.07, 6.45) is 19.5. The van der Waals surface area contributed by atoms with Gasteiger partial charge >= 0.3 is 6.09 Å². The fourth-order valence-corrected chi connectivity index (χ4v) is 7.49. The molecular weight excluding hydrogens is 831 g/mol. The van der Waals surface area contributed by atoms with E-state index in [2.05, 4.69) is 36.5 Å². The Balaban J connectivity index is 0.901. The third kappa shape index (κ3) is 30.3. The third-order valence-electron chi connectivity index (χ3n) is 11.1. The van der Waals surface area contributed by atoms with Crippen molar-refractivity contribution in [3.63, 3.8) is 0 Å². The van der Waals surface area contributed by atoms with Crippen LogP contribution >= 0.6 is 0 Å². The molecule has 0 radical (unpaired) electrons. The predicted molar refractivity (Wildman–Crippen MR) is 256 cm³/mol. The van der Waals surface area contributed by atoms with E-state index < -0.39 is 6.09 Å². The summed E-state index contributed by atoms with van der Waals surface area (Å²) in [5.41, 5.74) is 4.82. The van der Waals surface area contributed by atoms with Gasteiger partial charge in [-0.3, -0.25) is 0 Å². The summed E-state index contributed by atoms with van der Waals surface area (Å²) >= 11 is 0. The smallest absolute Gasteiger partial charge is 0.407 e. The summed E-state index contributed by atoms with van der Waals surface area (Å²) in [6, 6.07) is 16.6. The van der Waals surface area contributed by atoms with Crippen molar-refractivity contribution >= 4 is 6.09 Å². The predicted octanol–water partition coefficient (Wildman–Crippen LogP) is 9.56. The number of alkyl carbamates (subject to hydrolysis) is 1. The highest BCUT2D eigenvalue weighted by Gasteiger charge is 2.29. The van der Waals surface area contributed by atoms with E-state index in [1.807, 2.05) is 24.3 Å². The van der Waals surface area contributed by atoms with Crippen LogP contribution in [0.1, 0.15) is 120 Å². The molecule has 0 saturated heterocycles. The van der Waals surface area contributed by atoms with E-state index in [0.717, 1.165) is 13.0 Å². The molecule has 13 heteroatoms. The summed E-state index contributed by atoms with van der Waals surface area (Å²) in [5, 5.41) is 2.81. The van der Waals surface area contributed by atoms with Crippen LogP contribution < -0.4 is 5.32 Å². The van der Waals surface area contributed by atoms with Gasteiger partial charge in [-0.15, -0.1) is 0 Å². The van der Waals surface area contributed by atoms with Crippen LogP contribution in [0.15, 0.2) is 48.5 Å². The van der Waals surface area contributed by atoms with E-state index in [0.29, 0.717) is 145 Å². The number of fused-ring (bicyclic) bond motifs is 3. The van der Waals surface area contributed by atoms with Crippen molar-refractivity contribution < 1.29 is 56.9 Å². The van der Waals surface area contributed by atoms with Crippen LogP contribution in [0.25, 0.3) is 11.1 Å². The van der Waals surface area contributed by atoms with Gasteiger partial charge in [-0.05, 0) is 35.1 Å². The second-order valence-electron chi connectivity index (χ2n) is 16.3. The summed E-state index contributed by atoms with van der Waals surface area (Å²) in [7, 11) is 0. The molecule has 0 spiro atoms. The summed E-state index contributed by atoms with van der Waals surface area (Å²) in [6.45, 7) is 13.8. The summed E-state index contributed by atoms with van der Waals surface area (Å²) in [5.74, 6) is 0.0506. The molecule has 1 amide bonds. The maximum absolute atomic E-state index is 12.3. The fourth-order valence-electron chi connectivity index (χ4n) is 7.49. The van der Waals surface area contributed by atoms with Gasteiger partial charge in [0, 0.05) is 25.7 Å². The quantitative estimate of drug-likeness (QED) is 0.0635. The minimum Gasteiger partial charge on any atom is -0.449 e. The maximum atomic E-state index is 12.3. The normalized spacial score (nSPS) is 12.2. The molecule has 0 bridgehead atoms. The number of ether oxygens (including phenoxy) is 11. The van der Waals surface area contributed by atoms with E-state index in [9.17, 15) is 4.79 Å². The van der Waals surface area contributed by atoms with Crippen LogP contribution in [0.5, 0.6) is 0 Å². The number of hydrogen-bond acceptors (Lipinski definition) is 12. The lowest BCUT2D eigenvalue weighted by Crippen LogP contribution is -2.27. The molecule has 1 aliphatic rings. The Hall–Kier alpha value is -2.69. The Morgan fingerprint density at radius 2 is 0.677 bits per heavy atom. The number of rotatable bonds is 48. The second-order valence-corrected chi connectivity index (χ2v) is 16.3. The van der Waals surface area contributed by atoms with Gasteiger partial charge in [0.25, 0.3) is 0 Å². The molecule has 0 atom stereocenters. The Kier molecular flexibility index (Phi) is 37.2. The summed E-state index contributed by atoms with van der Waals surface area (Å²) < 4.78 is 61.3. The second kappa shape index (κ2) is 42.6. The van der Waals surface area contributed by atoms with Crippen molar-refractivity contribution in [3.05, 3.63) is 59.7 Å². The number of carbonyl (C=O) groups is 1. The third-order valence-corrected chi connectivity index (χ3v) is 11.1. The molecule has 65 heavy (non-hydrogen) atoms. The average Bonchev–Trinajstić information content (AvgIpc) is 3.65. The topological polar surface area (TPSA) is 131 Å². The van der Waals surface area contributed by atoms with Gasteiger partial charge in [-0.1, -0.05) is 139 Å². The van der Waals surface area contributed by atoms with Crippen LogP contribution in [0.4, 0.5) is 4.79 Å². The molecule has 13 nitrogen and oxygen atoms in total. The number of amides is 1. The maximum Gasteiger partial charge on any atom is 0.407 e. The van der Waals surface area contributed by atoms with Gasteiger partial charge in [0.15, 0.2) is 0 Å². The van der Waals surface area contributed by atoms with Gasteiger partial charge < -0.3 is 57.4 Å². The average molecular weight is 918 g/mol. The number of carbonyl (C=O) groups excluding carboxylic acids is 1. The highest BCUT2D eigenvalue weighted by Crippen LogP contribution is 2.44. The zero-order valence-electron chi connectivity index (χ0n) is 40.3. The lowest BCUT2D eigenvalue weighted by atomic mass is 9.98. The van der Waals surface area contributed by atoms with Gasteiger partial charge in [-0.2, -0.15) is 0 Å². The molecule has 0 heterocycles. The number of benzene rings is 2. The van der Waals surface area contributed by atoms with E-state index in [1.54, 1.807) is 0 Å². The van der Waals surface area contributed by atoms with E-state index in [1.165, 1.54) is 106 Å². The standard InChI is InChI=1S/C52H87NO12/c1-2-3-4-5-6-7-8-9-10-11-12-13-14-19-26-55-28-30-57-32-34-59-36-38-61-40-42-63-44-45-64-43-41-62-39-37-60-35-33-58-31-29-56-27-20-25-53-52(54)65-46-51-49-23-17-15-21-47(49)48-22-16-18-24-50(48)51/h15-18,21-24,51H,2-14,19-20,25-46H2,1H3,(H,53,54). The van der Waals surface area contributed by atoms with E-state index >= 15 is 0 Å². The number of hydrogen-bond donors (Lipinski definition) is 1. The minimum atomic E-state index is -0.412. The van der Waals surface area contributed by atoms with Crippen LogP contribution in [-0.2, 0) is 52.1 Å². The van der Waals surface area contributed by atoms with Crippen molar-refractivity contribution in [3.8, 4) is 11.1 Å². The number of unbranched alkanes of at least 4 members (excludes halogenated alkanes) is 13. The van der Waals surface area contributed by atoms with Gasteiger partial charge in [-0.25, -0.2) is 4.79 Å². The molecule has 0 unspecified atom stereocenters. The molecule has 0 aliphatic heterocycles. The first-order valence-corrected chi connectivity index (χ1v) is 25.2. The van der Waals surface area contributed by atoms with E-state index in [4.69, 9.17) is 52.1 Å². The van der Waals surface area contributed by atoms with Crippen molar-refractivity contribution in [2.45, 2.75) is 109 Å². The van der Waals surface area contributed by atoms with Crippen molar-refractivity contribution in [2.75, 3.05) is 145 Å². The lowest BCUT2D eigenvalue weighted by Gasteiger charge is -2.14. The Bertz CT molecular complexity index is 1320. The Morgan fingerprint density at radius 3 is 1.03 bits per heavy atom. The molecule has 0 aromatic heterocycles. The Morgan fingerprint density at radius 1 is 0.385 bits per heavy atom. The molecule has 1 N–H and O–H groups in total. The molecular formula is C52H87NO12. The zero-order chi connectivity index (χ0) is 45.8. The molecule has 3 rings (SSSR count).